The van der Waals surface area contributed by atoms with Crippen LogP contribution >= 0.6 is 46.8 Å². The predicted octanol–water partition coefficient (Wildman–Crippen LogP) is 3.38. The Kier molecular flexibility index (Phi) is 4.58. The molecule has 1 saturated heterocycles. The number of halogens is 3. The molecule has 5 nitrogen and oxygen atoms in total. The molecule has 0 aromatic heterocycles. The molecule has 1 aromatic rings. The molecular weight excluding hydrogens is 333 g/mol. The molecule has 2 amide bonds. The summed E-state index contributed by atoms with van der Waals surface area (Å²) in [5.74, 6) is 0.718. The van der Waals surface area contributed by atoms with Gasteiger partial charge in [0.15, 0.2) is 0 Å². The van der Waals surface area contributed by atoms with E-state index < -0.39 is 3.12 Å². The van der Waals surface area contributed by atoms with E-state index in [2.05, 4.69) is 5.43 Å². The Morgan fingerprint density at radius 2 is 1.95 bits per heavy atom. The quantitative estimate of drug-likeness (QED) is 0.675. The van der Waals surface area contributed by atoms with E-state index in [1.165, 1.54) is 9.31 Å². The molecule has 0 spiro atoms. The van der Waals surface area contributed by atoms with Crippen molar-refractivity contribution in [3.8, 4) is 5.75 Å². The number of hydrazine groups is 1. The summed E-state index contributed by atoms with van der Waals surface area (Å²) in [5, 5.41) is 0. The molecule has 0 atom stereocenters. The molecule has 9 heteroatoms. The van der Waals surface area contributed by atoms with Crippen molar-refractivity contribution in [1.29, 1.82) is 0 Å². The summed E-state index contributed by atoms with van der Waals surface area (Å²) in [7, 11) is 1.58. The maximum atomic E-state index is 12.1. The van der Waals surface area contributed by atoms with Gasteiger partial charge in [0.2, 0.25) is 0 Å². The maximum Gasteiger partial charge on any atom is 0.350 e. The van der Waals surface area contributed by atoms with E-state index in [1.54, 1.807) is 31.4 Å². The molecule has 0 radical (unpaired) electrons. The van der Waals surface area contributed by atoms with E-state index in [4.69, 9.17) is 39.5 Å². The Labute approximate surface area is 129 Å². The number of methoxy groups -OCH3 is 1. The van der Waals surface area contributed by atoms with Gasteiger partial charge in [-0.15, -0.1) is 0 Å². The summed E-state index contributed by atoms with van der Waals surface area (Å²) in [6, 6.07) is 6.80. The lowest BCUT2D eigenvalue weighted by molar-refractivity contribution is 0.236. The van der Waals surface area contributed by atoms with E-state index in [0.29, 0.717) is 6.67 Å². The first-order chi connectivity index (χ1) is 8.90. The van der Waals surface area contributed by atoms with Gasteiger partial charge in [0.25, 0.3) is 3.12 Å². The number of hydrogen-bond acceptors (Lipinski definition) is 4. The molecule has 1 aromatic carbocycles. The van der Waals surface area contributed by atoms with Crippen LogP contribution in [0.2, 0.25) is 0 Å². The lowest BCUT2D eigenvalue weighted by Crippen LogP contribution is -2.31. The fourth-order valence-electron chi connectivity index (χ4n) is 1.52. The van der Waals surface area contributed by atoms with Gasteiger partial charge >= 0.3 is 6.03 Å². The average molecular weight is 343 g/mol. The summed E-state index contributed by atoms with van der Waals surface area (Å²) in [5.41, 5.74) is 3.56. The highest BCUT2D eigenvalue weighted by atomic mass is 35.6. The number of nitrogens with one attached hydrogen (secondary N) is 1. The van der Waals surface area contributed by atoms with Crippen LogP contribution in [0, 0.1) is 0 Å². The van der Waals surface area contributed by atoms with Crippen molar-refractivity contribution < 1.29 is 9.53 Å². The second kappa shape index (κ2) is 5.85. The lowest BCUT2D eigenvalue weighted by atomic mass is 10.3. The van der Waals surface area contributed by atoms with Crippen LogP contribution in [0.15, 0.2) is 24.3 Å². The number of benzene rings is 1. The standard InChI is InChI=1S/C10H10Cl3N3O2S/c1-18-8-4-2-7(3-5-8)15-6-14-16(9(15)17)19-10(11,12)13/h2-5,14H,6H2,1H3. The summed E-state index contributed by atoms with van der Waals surface area (Å²) >= 11 is 17.7. The maximum absolute atomic E-state index is 12.1. The summed E-state index contributed by atoms with van der Waals surface area (Å²) in [6.45, 7) is 0.304. The third-order valence-electron chi connectivity index (χ3n) is 2.36. The Morgan fingerprint density at radius 3 is 2.47 bits per heavy atom. The molecule has 1 heterocycles. The molecule has 0 unspecified atom stereocenters. The third-order valence-corrected chi connectivity index (χ3v) is 3.65. The van der Waals surface area contributed by atoms with Crippen LogP contribution in [0.5, 0.6) is 5.75 Å². The van der Waals surface area contributed by atoms with Crippen molar-refractivity contribution in [2.24, 2.45) is 0 Å². The smallest absolute Gasteiger partial charge is 0.350 e. The Hall–Kier alpha value is -0.530. The molecule has 1 fully saturated rings. The normalized spacial score (nSPS) is 16.1. The molecule has 0 saturated carbocycles. The minimum absolute atomic E-state index is 0.304. The van der Waals surface area contributed by atoms with Crippen LogP contribution in [-0.4, -0.2) is 27.3 Å². The van der Waals surface area contributed by atoms with E-state index in [0.717, 1.165) is 23.4 Å². The predicted molar refractivity (Wildman–Crippen MR) is 78.6 cm³/mol. The first-order valence-electron chi connectivity index (χ1n) is 5.16. The van der Waals surface area contributed by atoms with Gasteiger partial charge in [-0.3, -0.25) is 4.90 Å². The van der Waals surface area contributed by atoms with Crippen LogP contribution in [0.1, 0.15) is 0 Å². The van der Waals surface area contributed by atoms with Gasteiger partial charge in [-0.1, -0.05) is 34.8 Å². The molecule has 1 aliphatic rings. The topological polar surface area (TPSA) is 44.8 Å². The number of amides is 2. The van der Waals surface area contributed by atoms with Crippen LogP contribution in [0.4, 0.5) is 10.5 Å². The zero-order chi connectivity index (χ0) is 14.0. The second-order valence-electron chi connectivity index (χ2n) is 3.56. The fourth-order valence-corrected chi connectivity index (χ4v) is 2.65. The minimum Gasteiger partial charge on any atom is -0.497 e. The Bertz CT molecular complexity index is 466. The van der Waals surface area contributed by atoms with Crippen LogP contribution in [0.3, 0.4) is 0 Å². The highest BCUT2D eigenvalue weighted by Crippen LogP contribution is 2.41. The monoisotopic (exact) mass is 341 g/mol. The molecular formula is C10H10Cl3N3O2S. The number of carbonyl (C=O) groups is 1. The van der Waals surface area contributed by atoms with Crippen LogP contribution < -0.4 is 15.1 Å². The lowest BCUT2D eigenvalue weighted by Gasteiger charge is -2.19. The largest absolute Gasteiger partial charge is 0.497 e. The number of urea groups is 1. The first kappa shape index (κ1) is 14.9. The molecule has 1 aliphatic heterocycles. The van der Waals surface area contributed by atoms with Gasteiger partial charge in [0.1, 0.15) is 5.75 Å². The van der Waals surface area contributed by atoms with Crippen molar-refractivity contribution >= 4 is 58.5 Å². The molecule has 1 N–H and O–H groups in total. The van der Waals surface area contributed by atoms with Crippen molar-refractivity contribution in [3.63, 3.8) is 0 Å². The Balaban J connectivity index is 2.08. The van der Waals surface area contributed by atoms with Crippen molar-refractivity contribution in [1.82, 2.24) is 9.84 Å². The number of carbonyl (C=O) groups excluding carboxylic acids is 1. The highest BCUT2D eigenvalue weighted by molar-refractivity contribution is 8.03. The number of anilines is 1. The van der Waals surface area contributed by atoms with Gasteiger partial charge in [-0.05, 0) is 24.3 Å². The van der Waals surface area contributed by atoms with Crippen molar-refractivity contribution in [3.05, 3.63) is 24.3 Å². The second-order valence-corrected chi connectivity index (χ2v) is 7.67. The first-order valence-corrected chi connectivity index (χ1v) is 7.06. The van der Waals surface area contributed by atoms with Gasteiger partial charge in [-0.25, -0.2) is 4.79 Å². The minimum atomic E-state index is -1.60. The number of alkyl halides is 3. The molecule has 104 valence electrons. The number of nitrogens with zero attached hydrogens (tertiary/aromatic N) is 2. The summed E-state index contributed by atoms with van der Waals surface area (Å²) in [4.78, 5) is 13.6. The van der Waals surface area contributed by atoms with Gasteiger partial charge in [0, 0.05) is 17.6 Å². The summed E-state index contributed by atoms with van der Waals surface area (Å²) in [6.07, 6.45) is 0. The van der Waals surface area contributed by atoms with Gasteiger partial charge in [-0.2, -0.15) is 9.84 Å². The van der Waals surface area contributed by atoms with Crippen molar-refractivity contribution in [2.75, 3.05) is 18.7 Å². The third kappa shape index (κ3) is 3.73. The SMILES string of the molecule is COc1ccc(N2CNN(SC(Cl)(Cl)Cl)C2=O)cc1. The van der Waals surface area contributed by atoms with Crippen LogP contribution in [0.25, 0.3) is 0 Å². The Morgan fingerprint density at radius 1 is 1.32 bits per heavy atom. The zero-order valence-corrected chi connectivity index (χ0v) is 12.9. The molecule has 0 bridgehead atoms. The van der Waals surface area contributed by atoms with E-state index in [-0.39, 0.29) is 6.03 Å². The fraction of sp³-hybridized carbons (Fsp3) is 0.300. The van der Waals surface area contributed by atoms with Gasteiger partial charge in [0.05, 0.1) is 13.8 Å². The van der Waals surface area contributed by atoms with Crippen molar-refractivity contribution in [2.45, 2.75) is 3.12 Å². The van der Waals surface area contributed by atoms with Crippen LogP contribution in [-0.2, 0) is 0 Å². The van der Waals surface area contributed by atoms with E-state index in [9.17, 15) is 4.79 Å². The number of hydrogen-bond donors (Lipinski definition) is 1. The molecule has 0 aliphatic carbocycles. The number of rotatable bonds is 3. The highest BCUT2D eigenvalue weighted by Gasteiger charge is 2.36. The summed E-state index contributed by atoms with van der Waals surface area (Å²) < 4.78 is 4.65. The van der Waals surface area contributed by atoms with Gasteiger partial charge < -0.3 is 4.74 Å². The molecule has 2 rings (SSSR count). The van der Waals surface area contributed by atoms with E-state index >= 15 is 0 Å². The zero-order valence-electron chi connectivity index (χ0n) is 9.77. The molecule has 19 heavy (non-hydrogen) atoms. The van der Waals surface area contributed by atoms with E-state index in [1.807, 2.05) is 0 Å². The average Bonchev–Trinajstić information content (AvgIpc) is 2.69. The number of ether oxygens (including phenoxy) is 1.